The van der Waals surface area contributed by atoms with Crippen LogP contribution in [0.25, 0.3) is 11.1 Å². The molecule has 0 fully saturated rings. The summed E-state index contributed by atoms with van der Waals surface area (Å²) in [5.74, 6) is -5.26. The van der Waals surface area contributed by atoms with E-state index in [0.717, 1.165) is 24.3 Å². The standard InChI is InChI=1S/C54H58N20O18S6/c55-45(75)17-21-59-93(79,80)37-9-1-5-31(25-37)63-49-69-50(64-32-6-2-10-38(26-32)94(81,82)60-22-18-46(56)76)72-53(71-49)67-35-13-15-41(43(29-35)97(87,88)89)42-16-14-36(30-44(42)98(90,91)92)68-54-73-51(65-33-7-3-11-39(27-33)95(83,84)61-23-19-47(57)77)70-52(74-54)66-34-8-4-12-40(28-34)96(85,86)62-24-20-48(58)78/h1-16,25-30,59-62H,17-24H2,(H2,55,75)(H2,56,76)(H2,57,77)(H2,58,78)(H,87,88,89)(H,90,91,92)(H3,63,64,67,69,71,72)(H3,65,66,68,70,73,74). The van der Waals surface area contributed by atoms with E-state index in [4.69, 9.17) is 22.9 Å². The van der Waals surface area contributed by atoms with Crippen LogP contribution < -0.4 is 73.7 Å². The Hall–Kier alpha value is -10.5. The highest BCUT2D eigenvalue weighted by molar-refractivity contribution is 7.90. The Morgan fingerprint density at radius 2 is 0.510 bits per heavy atom. The first-order chi connectivity index (χ1) is 46.0. The Balaban J connectivity index is 1.14. The van der Waals surface area contributed by atoms with Crippen LogP contribution >= 0.6 is 0 Å². The van der Waals surface area contributed by atoms with Crippen LogP contribution in [-0.4, -0.2) is 139 Å². The number of amides is 4. The average Bonchev–Trinajstić information content (AvgIpc) is 0.769. The third kappa shape index (κ3) is 20.7. The van der Waals surface area contributed by atoms with Gasteiger partial charge in [-0.15, -0.1) is 0 Å². The zero-order valence-corrected chi connectivity index (χ0v) is 55.1. The number of rotatable bonds is 35. The monoisotopic (exact) mass is 1470 g/mol. The van der Waals surface area contributed by atoms with Gasteiger partial charge in [0.2, 0.25) is 99.4 Å². The van der Waals surface area contributed by atoms with Crippen LogP contribution in [0.3, 0.4) is 0 Å². The predicted molar refractivity (Wildman–Crippen MR) is 353 cm³/mol. The van der Waals surface area contributed by atoms with Crippen molar-refractivity contribution in [2.24, 2.45) is 22.9 Å². The zero-order valence-electron chi connectivity index (χ0n) is 50.2. The Labute approximate surface area is 558 Å². The van der Waals surface area contributed by atoms with Gasteiger partial charge in [-0.2, -0.15) is 46.7 Å². The number of benzene rings is 6. The van der Waals surface area contributed by atoms with Gasteiger partial charge in [-0.05, 0) is 97.1 Å². The van der Waals surface area contributed by atoms with Crippen LogP contribution in [-0.2, 0) is 79.5 Å². The molecule has 518 valence electrons. The van der Waals surface area contributed by atoms with Crippen molar-refractivity contribution < 1.29 is 78.8 Å². The molecular formula is C54H58N20O18S6. The highest BCUT2D eigenvalue weighted by Gasteiger charge is 2.27. The first kappa shape index (κ1) is 73.3. The van der Waals surface area contributed by atoms with Crippen molar-refractivity contribution in [3.05, 3.63) is 133 Å². The molecule has 98 heavy (non-hydrogen) atoms. The zero-order chi connectivity index (χ0) is 71.4. The fourth-order valence-corrected chi connectivity index (χ4v) is 14.2. The number of nitrogens with one attached hydrogen (secondary N) is 10. The van der Waals surface area contributed by atoms with E-state index in [9.17, 15) is 78.8 Å². The van der Waals surface area contributed by atoms with Gasteiger partial charge in [0.25, 0.3) is 20.2 Å². The van der Waals surface area contributed by atoms with E-state index in [0.29, 0.717) is 0 Å². The molecule has 0 spiro atoms. The summed E-state index contributed by atoms with van der Waals surface area (Å²) in [6.07, 6.45) is -1.23. The smallest absolute Gasteiger partial charge is 0.295 e. The van der Waals surface area contributed by atoms with Gasteiger partial charge < -0.3 is 54.8 Å². The number of nitrogens with two attached hydrogens (primary N) is 4. The molecule has 44 heteroatoms. The number of hydrogen-bond donors (Lipinski definition) is 16. The van der Waals surface area contributed by atoms with Gasteiger partial charge in [0.1, 0.15) is 9.79 Å². The quantitative estimate of drug-likeness (QED) is 0.0249. The number of nitrogens with zero attached hydrogens (tertiary/aromatic N) is 6. The molecule has 2 aromatic heterocycles. The van der Waals surface area contributed by atoms with Crippen molar-refractivity contribution in [2.75, 3.05) is 58.1 Å². The first-order valence-corrected chi connectivity index (χ1v) is 36.7. The Bertz CT molecular complexity index is 4590. The minimum atomic E-state index is -5.38. The number of carbonyl (C=O) groups excluding carboxylic acids is 4. The molecule has 6 aromatic carbocycles. The summed E-state index contributed by atoms with van der Waals surface area (Å²) in [6.45, 7) is -1.29. The van der Waals surface area contributed by atoms with Crippen molar-refractivity contribution >= 4 is 154 Å². The normalized spacial score (nSPS) is 12.1. The first-order valence-electron chi connectivity index (χ1n) is 27.9. The Morgan fingerprint density at radius 3 is 0.704 bits per heavy atom. The minimum absolute atomic E-state index is 0.0548. The van der Waals surface area contributed by atoms with Gasteiger partial charge in [0, 0.05) is 97.1 Å². The van der Waals surface area contributed by atoms with Crippen LogP contribution in [0, 0.1) is 0 Å². The molecule has 0 aliphatic carbocycles. The van der Waals surface area contributed by atoms with Crippen LogP contribution in [0.15, 0.2) is 163 Å². The summed E-state index contributed by atoms with van der Waals surface area (Å²) in [7, 11) is -27.7. The number of hydrogen-bond acceptors (Lipinski definition) is 28. The minimum Gasteiger partial charge on any atom is -0.370 e. The molecular weight excluding hydrogens is 1410 g/mol. The van der Waals surface area contributed by atoms with Crippen LogP contribution in [0.4, 0.5) is 69.8 Å². The SMILES string of the molecule is NC(=O)CCNS(=O)(=O)c1cccc(Nc2nc(Nc3cccc(S(=O)(=O)NCCC(N)=O)c3)nc(Nc3ccc(-c4ccc(Nc5nc(Nc6cccc(S(=O)(=O)NCCC(N)=O)c6)nc(Nc6cccc(S(=O)(=O)NCCC(N)=O)c6)n5)cc4S(=O)(=O)O)c(S(=O)(=O)O)c3)n2)c1. The summed E-state index contributed by atoms with van der Waals surface area (Å²) in [5, 5.41) is 16.8. The highest BCUT2D eigenvalue weighted by Crippen LogP contribution is 2.37. The van der Waals surface area contributed by atoms with Crippen molar-refractivity contribution in [3.8, 4) is 11.1 Å². The van der Waals surface area contributed by atoms with E-state index in [1.54, 1.807) is 0 Å². The lowest BCUT2D eigenvalue weighted by Crippen LogP contribution is -2.28. The van der Waals surface area contributed by atoms with E-state index in [1.165, 1.54) is 109 Å². The number of anilines is 12. The fraction of sp³-hybridized carbons (Fsp3) is 0.148. The van der Waals surface area contributed by atoms with E-state index >= 15 is 0 Å². The predicted octanol–water partition coefficient (Wildman–Crippen LogP) is 1.29. The summed E-state index contributed by atoms with van der Waals surface area (Å²) >= 11 is 0. The van der Waals surface area contributed by atoms with E-state index in [1.807, 2.05) is 0 Å². The lowest BCUT2D eigenvalue weighted by molar-refractivity contribution is -0.118. The maximum atomic E-state index is 13.4. The Kier molecular flexibility index (Phi) is 23.0. The lowest BCUT2D eigenvalue weighted by Gasteiger charge is -2.16. The molecule has 8 rings (SSSR count). The molecule has 0 bridgehead atoms. The van der Waals surface area contributed by atoms with Crippen molar-refractivity contribution in [1.82, 2.24) is 48.8 Å². The van der Waals surface area contributed by atoms with Crippen LogP contribution in [0.5, 0.6) is 0 Å². The molecule has 0 unspecified atom stereocenters. The molecule has 0 radical (unpaired) electrons. The third-order valence-corrected chi connectivity index (χ3v) is 20.5. The third-order valence-electron chi connectivity index (χ3n) is 12.8. The molecule has 38 nitrogen and oxygen atoms in total. The van der Waals surface area contributed by atoms with Gasteiger partial charge in [-0.1, -0.05) is 36.4 Å². The van der Waals surface area contributed by atoms with Gasteiger partial charge in [-0.3, -0.25) is 28.3 Å². The number of primary amides is 4. The van der Waals surface area contributed by atoms with Crippen molar-refractivity contribution in [1.29, 1.82) is 0 Å². The second-order valence-corrected chi connectivity index (χ2v) is 30.1. The maximum Gasteiger partial charge on any atom is 0.295 e. The molecule has 0 aliphatic heterocycles. The summed E-state index contributed by atoms with van der Waals surface area (Å²) < 4.78 is 189. The summed E-state index contributed by atoms with van der Waals surface area (Å²) in [6, 6.07) is 26.8. The van der Waals surface area contributed by atoms with Gasteiger partial charge in [-0.25, -0.2) is 52.6 Å². The average molecular weight is 1470 g/mol. The second kappa shape index (κ2) is 30.7. The molecule has 20 N–H and O–H groups in total. The largest absolute Gasteiger partial charge is 0.370 e. The number of sulfonamides is 4. The van der Waals surface area contributed by atoms with Crippen molar-refractivity contribution in [3.63, 3.8) is 0 Å². The molecule has 0 saturated carbocycles. The summed E-state index contributed by atoms with van der Waals surface area (Å²) in [5.41, 5.74) is 19.4. The second-order valence-electron chi connectivity index (χ2n) is 20.3. The molecule has 2 heterocycles. The van der Waals surface area contributed by atoms with E-state index in [2.05, 4.69) is 80.7 Å². The van der Waals surface area contributed by atoms with Gasteiger partial charge >= 0.3 is 0 Å². The van der Waals surface area contributed by atoms with Gasteiger partial charge in [0.15, 0.2) is 0 Å². The number of carbonyl (C=O) groups is 4. The molecule has 0 saturated heterocycles. The van der Waals surface area contributed by atoms with E-state index < -0.39 is 117 Å². The van der Waals surface area contributed by atoms with Crippen LogP contribution in [0.1, 0.15) is 25.7 Å². The Morgan fingerprint density at radius 1 is 0.306 bits per heavy atom. The molecule has 8 aromatic rings. The molecule has 4 amide bonds. The molecule has 0 atom stereocenters. The fourth-order valence-electron chi connectivity index (χ4n) is 8.47. The van der Waals surface area contributed by atoms with E-state index in [-0.39, 0.29) is 129 Å². The van der Waals surface area contributed by atoms with Crippen LogP contribution in [0.2, 0.25) is 0 Å². The summed E-state index contributed by atoms with van der Waals surface area (Å²) in [4.78, 5) is 68.1. The highest BCUT2D eigenvalue weighted by atomic mass is 32.2. The lowest BCUT2D eigenvalue weighted by atomic mass is 10.0. The van der Waals surface area contributed by atoms with Crippen molar-refractivity contribution in [2.45, 2.75) is 55.1 Å². The van der Waals surface area contributed by atoms with Gasteiger partial charge in [0.05, 0.1) is 19.6 Å². The topological polar surface area (TPSA) is 615 Å². The number of aromatic nitrogens is 6. The maximum absolute atomic E-state index is 13.4. The molecule has 0 aliphatic rings.